The van der Waals surface area contributed by atoms with Crippen LogP contribution in [-0.4, -0.2) is 36.2 Å². The smallest absolute Gasteiger partial charge is 0.326 e. The third kappa shape index (κ3) is 4.96. The number of nitrogens with two attached hydrogens (primary N) is 1. The number of ether oxygens (including phenoxy) is 1. The summed E-state index contributed by atoms with van der Waals surface area (Å²) in [6.45, 7) is 0. The van der Waals surface area contributed by atoms with Gasteiger partial charge in [0.25, 0.3) is 0 Å². The minimum Gasteiger partial charge on any atom is -0.480 e. The normalized spacial score (nSPS) is 11.5. The van der Waals surface area contributed by atoms with E-state index < -0.39 is 24.0 Å². The molecule has 0 aromatic carbocycles. The molecule has 0 heterocycles. The highest BCUT2D eigenvalue weighted by atomic mass is 16.5. The van der Waals surface area contributed by atoms with Crippen molar-refractivity contribution in [3.05, 3.63) is 0 Å². The van der Waals surface area contributed by atoms with Crippen LogP contribution >= 0.6 is 0 Å². The summed E-state index contributed by atoms with van der Waals surface area (Å²) >= 11 is 0. The first kappa shape index (κ1) is 12.2. The van der Waals surface area contributed by atoms with E-state index in [9.17, 15) is 14.4 Å². The van der Waals surface area contributed by atoms with Crippen molar-refractivity contribution >= 4 is 18.0 Å². The summed E-state index contributed by atoms with van der Waals surface area (Å²) in [5.41, 5.74) is 4.74. The molecule has 4 N–H and O–H groups in total. The Morgan fingerprint density at radius 2 is 2.07 bits per heavy atom. The van der Waals surface area contributed by atoms with E-state index in [-0.39, 0.29) is 12.8 Å². The number of esters is 1. The highest BCUT2D eigenvalue weighted by Crippen LogP contribution is 1.99. The van der Waals surface area contributed by atoms with E-state index in [4.69, 9.17) is 10.8 Å². The molecule has 0 aliphatic rings. The number of urea groups is 1. The fraction of sp³-hybridized carbons (Fsp3) is 0.571. The average Bonchev–Trinajstić information content (AvgIpc) is 2.10. The van der Waals surface area contributed by atoms with Gasteiger partial charge >= 0.3 is 18.0 Å². The van der Waals surface area contributed by atoms with Crippen LogP contribution in [0.2, 0.25) is 0 Å². The highest BCUT2D eigenvalue weighted by molar-refractivity contribution is 5.82. The molecule has 7 nitrogen and oxygen atoms in total. The predicted octanol–water partition coefficient (Wildman–Crippen LogP) is -0.939. The molecular formula is C7H12N2O5. The van der Waals surface area contributed by atoms with Crippen LogP contribution in [0.1, 0.15) is 12.8 Å². The van der Waals surface area contributed by atoms with Crippen molar-refractivity contribution in [1.82, 2.24) is 5.32 Å². The van der Waals surface area contributed by atoms with Crippen LogP contribution in [0.5, 0.6) is 0 Å². The predicted molar refractivity (Wildman–Crippen MR) is 45.4 cm³/mol. The van der Waals surface area contributed by atoms with Gasteiger partial charge in [-0.3, -0.25) is 4.79 Å². The van der Waals surface area contributed by atoms with Gasteiger partial charge in [0.05, 0.1) is 7.11 Å². The molecule has 0 bridgehead atoms. The Hall–Kier alpha value is -1.79. The molecule has 0 aromatic heterocycles. The molecule has 0 aliphatic carbocycles. The number of carboxylic acids is 1. The van der Waals surface area contributed by atoms with Crippen LogP contribution in [0.4, 0.5) is 4.79 Å². The number of methoxy groups -OCH3 is 1. The fourth-order valence-corrected chi connectivity index (χ4v) is 0.793. The number of carbonyl (C=O) groups excluding carboxylic acids is 2. The van der Waals surface area contributed by atoms with Crippen LogP contribution in [0.25, 0.3) is 0 Å². The monoisotopic (exact) mass is 204 g/mol. The number of hydrogen-bond donors (Lipinski definition) is 3. The minimum atomic E-state index is -1.24. The van der Waals surface area contributed by atoms with Crippen LogP contribution < -0.4 is 11.1 Å². The van der Waals surface area contributed by atoms with Gasteiger partial charge in [-0.2, -0.15) is 0 Å². The van der Waals surface area contributed by atoms with Gasteiger partial charge in [0.15, 0.2) is 0 Å². The van der Waals surface area contributed by atoms with E-state index in [0.29, 0.717) is 0 Å². The molecule has 0 fully saturated rings. The Kier molecular flexibility index (Phi) is 5.05. The van der Waals surface area contributed by atoms with Crippen molar-refractivity contribution < 1.29 is 24.2 Å². The largest absolute Gasteiger partial charge is 0.480 e. The van der Waals surface area contributed by atoms with Gasteiger partial charge in [-0.1, -0.05) is 0 Å². The van der Waals surface area contributed by atoms with Crippen LogP contribution in [-0.2, 0) is 14.3 Å². The summed E-state index contributed by atoms with van der Waals surface area (Å²) in [5.74, 6) is -1.78. The van der Waals surface area contributed by atoms with E-state index in [1.807, 2.05) is 5.32 Å². The molecule has 0 aliphatic heterocycles. The van der Waals surface area contributed by atoms with Crippen LogP contribution in [0.15, 0.2) is 0 Å². The zero-order valence-corrected chi connectivity index (χ0v) is 7.65. The molecule has 0 unspecified atom stereocenters. The number of aliphatic carboxylic acids is 1. The Labute approximate surface area is 80.2 Å². The van der Waals surface area contributed by atoms with Crippen molar-refractivity contribution in [2.24, 2.45) is 5.73 Å². The lowest BCUT2D eigenvalue weighted by molar-refractivity contribution is -0.142. The number of carbonyl (C=O) groups is 3. The average molecular weight is 204 g/mol. The van der Waals surface area contributed by atoms with Crippen LogP contribution in [0.3, 0.4) is 0 Å². The molecule has 0 aromatic rings. The lowest BCUT2D eigenvalue weighted by atomic mass is 10.1. The van der Waals surface area contributed by atoms with Gasteiger partial charge in [-0.25, -0.2) is 9.59 Å². The number of primary amides is 1. The number of hydrogen-bond acceptors (Lipinski definition) is 4. The third-order valence-corrected chi connectivity index (χ3v) is 1.48. The maximum atomic E-state index is 10.7. The maximum absolute atomic E-state index is 10.7. The molecule has 0 rings (SSSR count). The molecule has 0 saturated carbocycles. The number of carboxylic acid groups (broad SMARTS) is 1. The summed E-state index contributed by atoms with van der Waals surface area (Å²) in [7, 11) is 1.19. The Bertz CT molecular complexity index is 240. The third-order valence-electron chi connectivity index (χ3n) is 1.48. The van der Waals surface area contributed by atoms with E-state index in [0.717, 1.165) is 0 Å². The maximum Gasteiger partial charge on any atom is 0.326 e. The second-order valence-corrected chi connectivity index (χ2v) is 2.51. The second-order valence-electron chi connectivity index (χ2n) is 2.51. The van der Waals surface area contributed by atoms with Gasteiger partial charge in [0.1, 0.15) is 6.04 Å². The Morgan fingerprint density at radius 3 is 2.43 bits per heavy atom. The molecule has 0 spiro atoms. The molecule has 1 atom stereocenters. The summed E-state index contributed by atoms with van der Waals surface area (Å²) in [6, 6.07) is -2.10. The van der Waals surface area contributed by atoms with E-state index in [2.05, 4.69) is 4.74 Å². The first-order chi connectivity index (χ1) is 6.47. The van der Waals surface area contributed by atoms with Gasteiger partial charge < -0.3 is 20.9 Å². The highest BCUT2D eigenvalue weighted by Gasteiger charge is 2.19. The van der Waals surface area contributed by atoms with Gasteiger partial charge in [-0.05, 0) is 6.42 Å². The topological polar surface area (TPSA) is 119 Å². The first-order valence-corrected chi connectivity index (χ1v) is 3.83. The lowest BCUT2D eigenvalue weighted by Gasteiger charge is -2.11. The second kappa shape index (κ2) is 5.79. The summed E-state index contributed by atoms with van der Waals surface area (Å²) < 4.78 is 4.31. The number of amides is 2. The van der Waals surface area contributed by atoms with E-state index in [1.54, 1.807) is 0 Å². The minimum absolute atomic E-state index is 0.0506. The van der Waals surface area contributed by atoms with E-state index in [1.165, 1.54) is 7.11 Å². The Morgan fingerprint density at radius 1 is 1.50 bits per heavy atom. The SMILES string of the molecule is COC(=O)CC[C@H](NC(N)=O)C(=O)O. The summed E-state index contributed by atoms with van der Waals surface area (Å²) in [6.07, 6.45) is -0.140. The van der Waals surface area contributed by atoms with Gasteiger partial charge in [-0.15, -0.1) is 0 Å². The molecule has 2 amide bonds. The van der Waals surface area contributed by atoms with Crippen LogP contribution in [0, 0.1) is 0 Å². The molecule has 80 valence electrons. The van der Waals surface area contributed by atoms with Crippen molar-refractivity contribution in [3.8, 4) is 0 Å². The van der Waals surface area contributed by atoms with Crippen molar-refractivity contribution in [2.45, 2.75) is 18.9 Å². The van der Waals surface area contributed by atoms with Crippen molar-refractivity contribution in [2.75, 3.05) is 7.11 Å². The van der Waals surface area contributed by atoms with Crippen molar-refractivity contribution in [1.29, 1.82) is 0 Å². The number of rotatable bonds is 5. The van der Waals surface area contributed by atoms with Gasteiger partial charge in [0, 0.05) is 6.42 Å². The summed E-state index contributed by atoms with van der Waals surface area (Å²) in [4.78, 5) is 31.5. The van der Waals surface area contributed by atoms with E-state index >= 15 is 0 Å². The zero-order valence-electron chi connectivity index (χ0n) is 7.65. The first-order valence-electron chi connectivity index (χ1n) is 3.83. The molecule has 14 heavy (non-hydrogen) atoms. The number of nitrogens with one attached hydrogen (secondary N) is 1. The lowest BCUT2D eigenvalue weighted by Crippen LogP contribution is -2.43. The Balaban J connectivity index is 4.04. The van der Waals surface area contributed by atoms with Gasteiger partial charge in [0.2, 0.25) is 0 Å². The standard InChI is InChI=1S/C7H12N2O5/c1-14-5(10)3-2-4(6(11)12)9-7(8)13/h4H,2-3H2,1H3,(H,11,12)(H3,8,9,13)/t4-/m0/s1. The van der Waals surface area contributed by atoms with Crippen molar-refractivity contribution in [3.63, 3.8) is 0 Å². The molecular weight excluding hydrogens is 192 g/mol. The zero-order chi connectivity index (χ0) is 11.1. The molecule has 0 saturated heterocycles. The fourth-order valence-electron chi connectivity index (χ4n) is 0.793. The quantitative estimate of drug-likeness (QED) is 0.499. The molecule has 0 radical (unpaired) electrons. The summed E-state index contributed by atoms with van der Waals surface area (Å²) in [5, 5.41) is 10.6. The molecule has 7 heteroatoms.